The number of hydrogen-bond donors (Lipinski definition) is 1. The van der Waals surface area contributed by atoms with Crippen molar-refractivity contribution in [3.05, 3.63) is 47.5 Å². The number of fused-ring (bicyclic) bond motifs is 2. The fourth-order valence-corrected chi connectivity index (χ4v) is 2.58. The van der Waals surface area contributed by atoms with Crippen LogP contribution in [0.15, 0.2) is 36.4 Å². The number of aromatic carboxylic acids is 1. The molecule has 0 unspecified atom stereocenters. The molecule has 0 bridgehead atoms. The number of rotatable bonds is 1. The molecule has 0 fully saturated rings. The van der Waals surface area contributed by atoms with Crippen LogP contribution >= 0.6 is 0 Å². The highest BCUT2D eigenvalue weighted by atomic mass is 16.4. The van der Waals surface area contributed by atoms with Crippen LogP contribution < -0.4 is 5.46 Å². The van der Waals surface area contributed by atoms with Crippen molar-refractivity contribution >= 4 is 41.1 Å². The number of carboxylic acid groups (broad SMARTS) is 1. The van der Waals surface area contributed by atoms with Gasteiger partial charge in [-0.05, 0) is 19.1 Å². The first-order chi connectivity index (χ1) is 9.08. The van der Waals surface area contributed by atoms with E-state index in [0.717, 1.165) is 22.1 Å². The molecule has 4 heteroatoms. The van der Waals surface area contributed by atoms with Gasteiger partial charge in [0.05, 0.1) is 16.6 Å². The Morgan fingerprint density at radius 2 is 1.95 bits per heavy atom. The fourth-order valence-electron chi connectivity index (χ4n) is 2.58. The molecule has 0 aliphatic heterocycles. The van der Waals surface area contributed by atoms with E-state index < -0.39 is 5.97 Å². The van der Waals surface area contributed by atoms with Crippen LogP contribution in [0.2, 0.25) is 0 Å². The summed E-state index contributed by atoms with van der Waals surface area (Å²) >= 11 is 0. The van der Waals surface area contributed by atoms with E-state index in [2.05, 4.69) is 4.98 Å². The summed E-state index contributed by atoms with van der Waals surface area (Å²) in [6, 6.07) is 11.3. The molecule has 0 saturated heterocycles. The van der Waals surface area contributed by atoms with Crippen LogP contribution in [0.3, 0.4) is 0 Å². The summed E-state index contributed by atoms with van der Waals surface area (Å²) in [7, 11) is 1.96. The molecular formula is C15H12BNO2. The minimum atomic E-state index is -0.909. The number of nitrogens with zero attached hydrogens (tertiary/aromatic N) is 1. The molecule has 3 rings (SSSR count). The predicted molar refractivity (Wildman–Crippen MR) is 79.1 cm³/mol. The highest BCUT2D eigenvalue weighted by molar-refractivity contribution is 6.39. The van der Waals surface area contributed by atoms with Gasteiger partial charge in [0.25, 0.3) is 0 Å². The van der Waals surface area contributed by atoms with Crippen molar-refractivity contribution in [2.45, 2.75) is 6.92 Å². The van der Waals surface area contributed by atoms with Gasteiger partial charge >= 0.3 is 5.97 Å². The lowest BCUT2D eigenvalue weighted by Gasteiger charge is -2.10. The monoisotopic (exact) mass is 249 g/mol. The van der Waals surface area contributed by atoms with Gasteiger partial charge in [0, 0.05) is 10.8 Å². The van der Waals surface area contributed by atoms with Crippen molar-refractivity contribution in [2.24, 2.45) is 0 Å². The number of carboxylic acids is 1. The molecule has 0 radical (unpaired) electrons. The summed E-state index contributed by atoms with van der Waals surface area (Å²) in [6.07, 6.45) is 0. The molecule has 0 saturated carbocycles. The van der Waals surface area contributed by atoms with Crippen molar-refractivity contribution in [3.8, 4) is 0 Å². The van der Waals surface area contributed by atoms with E-state index in [-0.39, 0.29) is 0 Å². The number of aryl methyl sites for hydroxylation is 1. The first-order valence-corrected chi connectivity index (χ1v) is 6.11. The summed E-state index contributed by atoms with van der Waals surface area (Å²) in [6.45, 7) is 1.97. The van der Waals surface area contributed by atoms with Gasteiger partial charge in [-0.25, -0.2) is 9.78 Å². The van der Waals surface area contributed by atoms with Crippen LogP contribution in [0.4, 0.5) is 0 Å². The molecule has 0 aliphatic rings. The lowest BCUT2D eigenvalue weighted by Crippen LogP contribution is -2.10. The third kappa shape index (κ3) is 1.76. The fraction of sp³-hybridized carbons (Fsp3) is 0.0667. The van der Waals surface area contributed by atoms with Crippen molar-refractivity contribution in [1.82, 2.24) is 4.98 Å². The van der Waals surface area contributed by atoms with Gasteiger partial charge in [0.2, 0.25) is 0 Å². The number of aromatic nitrogens is 1. The normalized spacial score (nSPS) is 11.0. The second-order valence-corrected chi connectivity index (χ2v) is 4.79. The molecule has 0 atom stereocenters. The van der Waals surface area contributed by atoms with Crippen LogP contribution in [0.5, 0.6) is 0 Å². The average molecular weight is 249 g/mol. The Morgan fingerprint density at radius 3 is 2.68 bits per heavy atom. The van der Waals surface area contributed by atoms with Gasteiger partial charge in [0.1, 0.15) is 7.85 Å². The van der Waals surface area contributed by atoms with E-state index in [1.54, 1.807) is 0 Å². The smallest absolute Gasteiger partial charge is 0.337 e. The number of hydrogen-bond acceptors (Lipinski definition) is 2. The molecule has 3 aromatic rings. The molecule has 3 nitrogen and oxygen atoms in total. The van der Waals surface area contributed by atoms with Crippen LogP contribution in [0.1, 0.15) is 15.9 Å². The standard InChI is InChI=1S/C15H12BNO2/c1-8-6-10-13(15(18)19)9-4-2-3-5-12(9)17-14(10)11(16)7-8/h2-7H,16H2,1H3,(H,18,19). The van der Waals surface area contributed by atoms with Crippen LogP contribution in [-0.4, -0.2) is 23.9 Å². The van der Waals surface area contributed by atoms with Crippen LogP contribution in [-0.2, 0) is 0 Å². The Morgan fingerprint density at radius 1 is 1.21 bits per heavy atom. The first kappa shape index (κ1) is 11.7. The van der Waals surface area contributed by atoms with E-state index in [0.29, 0.717) is 16.3 Å². The molecule has 1 heterocycles. The van der Waals surface area contributed by atoms with Crippen molar-refractivity contribution in [1.29, 1.82) is 0 Å². The van der Waals surface area contributed by atoms with Gasteiger partial charge < -0.3 is 5.11 Å². The van der Waals surface area contributed by atoms with Gasteiger partial charge in [-0.2, -0.15) is 0 Å². The number of carbonyl (C=O) groups is 1. The average Bonchev–Trinajstić information content (AvgIpc) is 2.36. The van der Waals surface area contributed by atoms with E-state index in [1.165, 1.54) is 0 Å². The Hall–Kier alpha value is -2.36. The molecule has 92 valence electrons. The van der Waals surface area contributed by atoms with E-state index in [1.807, 2.05) is 51.2 Å². The third-order valence-electron chi connectivity index (χ3n) is 3.33. The van der Waals surface area contributed by atoms with Gasteiger partial charge in [-0.1, -0.05) is 35.3 Å². The largest absolute Gasteiger partial charge is 0.478 e. The minimum absolute atomic E-state index is 0.340. The maximum Gasteiger partial charge on any atom is 0.337 e. The second-order valence-electron chi connectivity index (χ2n) is 4.79. The zero-order valence-electron chi connectivity index (χ0n) is 10.8. The molecule has 1 aromatic heterocycles. The predicted octanol–water partition coefficient (Wildman–Crippen LogP) is 1.65. The Bertz CT molecular complexity index is 827. The molecule has 0 spiro atoms. The molecule has 19 heavy (non-hydrogen) atoms. The summed E-state index contributed by atoms with van der Waals surface area (Å²) in [5.74, 6) is -0.909. The van der Waals surface area contributed by atoms with Crippen LogP contribution in [0, 0.1) is 6.92 Å². The molecule has 0 aliphatic carbocycles. The quantitative estimate of drug-likeness (QED) is 0.527. The lowest BCUT2D eigenvalue weighted by atomic mass is 9.89. The van der Waals surface area contributed by atoms with E-state index in [4.69, 9.17) is 0 Å². The summed E-state index contributed by atoms with van der Waals surface area (Å²) in [4.78, 5) is 16.2. The van der Waals surface area contributed by atoms with Gasteiger partial charge in [0.15, 0.2) is 0 Å². The Balaban J connectivity index is 2.63. The number of para-hydroxylation sites is 1. The molecule has 2 aromatic carbocycles. The summed E-state index contributed by atoms with van der Waals surface area (Å²) in [5, 5.41) is 10.9. The SMILES string of the molecule is Bc1cc(C)cc2c(C(=O)O)c3ccccc3nc12. The van der Waals surface area contributed by atoms with Gasteiger partial charge in [-0.15, -0.1) is 0 Å². The van der Waals surface area contributed by atoms with E-state index in [9.17, 15) is 9.90 Å². The first-order valence-electron chi connectivity index (χ1n) is 6.11. The zero-order valence-corrected chi connectivity index (χ0v) is 10.8. The Labute approximate surface area is 111 Å². The molecule has 0 amide bonds. The minimum Gasteiger partial charge on any atom is -0.478 e. The Kier molecular flexibility index (Phi) is 2.52. The number of benzene rings is 2. The molecular weight excluding hydrogens is 237 g/mol. The summed E-state index contributed by atoms with van der Waals surface area (Å²) in [5.41, 5.74) is 3.88. The topological polar surface area (TPSA) is 50.2 Å². The maximum absolute atomic E-state index is 11.6. The highest BCUT2D eigenvalue weighted by Crippen LogP contribution is 2.25. The number of pyridine rings is 1. The maximum atomic E-state index is 11.6. The lowest BCUT2D eigenvalue weighted by molar-refractivity contribution is 0.0701. The summed E-state index contributed by atoms with van der Waals surface area (Å²) < 4.78 is 0. The van der Waals surface area contributed by atoms with Gasteiger partial charge in [-0.3, -0.25) is 0 Å². The second kappa shape index (κ2) is 4.09. The van der Waals surface area contributed by atoms with Crippen LogP contribution in [0.25, 0.3) is 21.8 Å². The highest BCUT2D eigenvalue weighted by Gasteiger charge is 2.15. The third-order valence-corrected chi connectivity index (χ3v) is 3.33. The van der Waals surface area contributed by atoms with Crippen molar-refractivity contribution in [3.63, 3.8) is 0 Å². The van der Waals surface area contributed by atoms with E-state index >= 15 is 0 Å². The molecule has 1 N–H and O–H groups in total. The van der Waals surface area contributed by atoms with Crippen molar-refractivity contribution < 1.29 is 9.90 Å². The zero-order chi connectivity index (χ0) is 13.6. The van der Waals surface area contributed by atoms with Crippen molar-refractivity contribution in [2.75, 3.05) is 0 Å².